The van der Waals surface area contributed by atoms with E-state index >= 15 is 0 Å². The van der Waals surface area contributed by atoms with Crippen LogP contribution in [0.5, 0.6) is 0 Å². The monoisotopic (exact) mass is 298 g/mol. The zero-order chi connectivity index (χ0) is 15.2. The summed E-state index contributed by atoms with van der Waals surface area (Å²) in [5.74, 6) is -0.180. The Morgan fingerprint density at radius 1 is 1.40 bits per heavy atom. The van der Waals surface area contributed by atoms with Crippen molar-refractivity contribution < 1.29 is 13.2 Å². The van der Waals surface area contributed by atoms with E-state index in [1.807, 2.05) is 13.8 Å². The SMILES string of the molecule is CCC(C)CS(=O)(=O)CCC(=O)Nc1cccc(N)c1. The number of carbonyl (C=O) groups excluding carboxylic acids is 1. The van der Waals surface area contributed by atoms with Crippen molar-refractivity contribution in [1.82, 2.24) is 0 Å². The van der Waals surface area contributed by atoms with Gasteiger partial charge in [-0.05, 0) is 24.1 Å². The van der Waals surface area contributed by atoms with Crippen LogP contribution in [0.1, 0.15) is 26.7 Å². The molecule has 112 valence electrons. The molecule has 0 aromatic heterocycles. The molecule has 1 aromatic rings. The second-order valence-corrected chi connectivity index (χ2v) is 7.28. The summed E-state index contributed by atoms with van der Waals surface area (Å²) in [4.78, 5) is 11.7. The fourth-order valence-electron chi connectivity index (χ4n) is 1.72. The van der Waals surface area contributed by atoms with Crippen molar-refractivity contribution in [2.75, 3.05) is 22.6 Å². The summed E-state index contributed by atoms with van der Waals surface area (Å²) >= 11 is 0. The largest absolute Gasteiger partial charge is 0.399 e. The molecule has 0 heterocycles. The number of carbonyl (C=O) groups is 1. The number of nitrogen functional groups attached to an aromatic ring is 1. The lowest BCUT2D eigenvalue weighted by Gasteiger charge is -2.10. The number of anilines is 2. The molecule has 1 unspecified atom stereocenters. The molecule has 0 radical (unpaired) electrons. The van der Waals surface area contributed by atoms with E-state index in [0.717, 1.165) is 6.42 Å². The van der Waals surface area contributed by atoms with E-state index in [1.54, 1.807) is 24.3 Å². The highest BCUT2D eigenvalue weighted by atomic mass is 32.2. The predicted octanol–water partition coefficient (Wildman–Crippen LogP) is 2.06. The molecule has 0 aliphatic heterocycles. The molecule has 5 nitrogen and oxygen atoms in total. The first-order valence-electron chi connectivity index (χ1n) is 6.68. The third kappa shape index (κ3) is 6.06. The molecule has 1 amide bonds. The molecule has 0 aliphatic rings. The van der Waals surface area contributed by atoms with E-state index < -0.39 is 9.84 Å². The number of amides is 1. The molecule has 6 heteroatoms. The molecule has 1 rings (SSSR count). The Kier molecular flexibility index (Phi) is 6.01. The Labute approximate surface area is 120 Å². The van der Waals surface area contributed by atoms with Crippen LogP contribution in [0.4, 0.5) is 11.4 Å². The number of rotatable bonds is 7. The number of hydrogen-bond acceptors (Lipinski definition) is 4. The van der Waals surface area contributed by atoms with Gasteiger partial charge in [-0.1, -0.05) is 26.3 Å². The smallest absolute Gasteiger partial charge is 0.225 e. The highest BCUT2D eigenvalue weighted by molar-refractivity contribution is 7.91. The minimum Gasteiger partial charge on any atom is -0.399 e. The number of nitrogens with one attached hydrogen (secondary N) is 1. The van der Waals surface area contributed by atoms with Crippen LogP contribution < -0.4 is 11.1 Å². The quantitative estimate of drug-likeness (QED) is 0.754. The van der Waals surface area contributed by atoms with Crippen molar-refractivity contribution in [3.63, 3.8) is 0 Å². The van der Waals surface area contributed by atoms with Crippen molar-refractivity contribution in [3.05, 3.63) is 24.3 Å². The van der Waals surface area contributed by atoms with E-state index in [9.17, 15) is 13.2 Å². The first-order chi connectivity index (χ1) is 9.32. The number of sulfone groups is 1. The van der Waals surface area contributed by atoms with Gasteiger partial charge in [-0.2, -0.15) is 0 Å². The Morgan fingerprint density at radius 2 is 2.10 bits per heavy atom. The topological polar surface area (TPSA) is 89.3 Å². The average Bonchev–Trinajstić information content (AvgIpc) is 2.36. The first-order valence-corrected chi connectivity index (χ1v) is 8.50. The molecular formula is C14H22N2O3S. The Hall–Kier alpha value is -1.56. The van der Waals surface area contributed by atoms with Gasteiger partial charge in [-0.25, -0.2) is 8.42 Å². The maximum absolute atomic E-state index is 11.8. The third-order valence-electron chi connectivity index (χ3n) is 3.05. The maximum Gasteiger partial charge on any atom is 0.225 e. The first kappa shape index (κ1) is 16.5. The van der Waals surface area contributed by atoms with Crippen LogP contribution in [-0.2, 0) is 14.6 Å². The Bertz CT molecular complexity index is 555. The maximum atomic E-state index is 11.8. The molecule has 0 bridgehead atoms. The zero-order valence-electron chi connectivity index (χ0n) is 11.9. The standard InChI is InChI=1S/C14H22N2O3S/c1-3-11(2)10-20(18,19)8-7-14(17)16-13-6-4-5-12(15)9-13/h4-6,9,11H,3,7-8,10,15H2,1-2H3,(H,16,17). The predicted molar refractivity (Wildman–Crippen MR) is 82.2 cm³/mol. The van der Waals surface area contributed by atoms with Gasteiger partial charge in [0, 0.05) is 17.8 Å². The molecule has 1 atom stereocenters. The van der Waals surface area contributed by atoms with Crippen molar-refractivity contribution in [3.8, 4) is 0 Å². The van der Waals surface area contributed by atoms with Crippen molar-refractivity contribution in [1.29, 1.82) is 0 Å². The van der Waals surface area contributed by atoms with Crippen LogP contribution in [0.15, 0.2) is 24.3 Å². The molecule has 0 saturated heterocycles. The van der Waals surface area contributed by atoms with Gasteiger partial charge in [-0.3, -0.25) is 4.79 Å². The minimum atomic E-state index is -3.17. The molecule has 0 aliphatic carbocycles. The van der Waals surface area contributed by atoms with Crippen molar-refractivity contribution in [2.24, 2.45) is 5.92 Å². The molecule has 0 spiro atoms. The molecule has 20 heavy (non-hydrogen) atoms. The molecule has 0 fully saturated rings. The van der Waals surface area contributed by atoms with E-state index in [2.05, 4.69) is 5.32 Å². The molecule has 0 saturated carbocycles. The van der Waals surface area contributed by atoms with Gasteiger partial charge in [0.1, 0.15) is 0 Å². The summed E-state index contributed by atoms with van der Waals surface area (Å²) in [6.07, 6.45) is 0.780. The number of benzene rings is 1. The molecular weight excluding hydrogens is 276 g/mol. The van der Waals surface area contributed by atoms with Crippen molar-refractivity contribution in [2.45, 2.75) is 26.7 Å². The second-order valence-electron chi connectivity index (χ2n) is 5.05. The summed E-state index contributed by atoms with van der Waals surface area (Å²) in [5.41, 5.74) is 6.73. The normalized spacial score (nSPS) is 12.9. The summed E-state index contributed by atoms with van der Waals surface area (Å²) in [6.45, 7) is 3.84. The second kappa shape index (κ2) is 7.28. The van der Waals surface area contributed by atoms with Gasteiger partial charge in [0.15, 0.2) is 9.84 Å². The number of hydrogen-bond donors (Lipinski definition) is 2. The molecule has 3 N–H and O–H groups in total. The average molecular weight is 298 g/mol. The summed E-state index contributed by atoms with van der Waals surface area (Å²) in [5, 5.41) is 2.64. The minimum absolute atomic E-state index is 0.0342. The lowest BCUT2D eigenvalue weighted by atomic mass is 10.2. The van der Waals surface area contributed by atoms with Gasteiger partial charge >= 0.3 is 0 Å². The summed E-state index contributed by atoms with van der Waals surface area (Å²) in [6, 6.07) is 6.78. The lowest BCUT2D eigenvalue weighted by molar-refractivity contribution is -0.115. The van der Waals surface area contributed by atoms with E-state index in [4.69, 9.17) is 5.73 Å². The highest BCUT2D eigenvalue weighted by Gasteiger charge is 2.16. The lowest BCUT2D eigenvalue weighted by Crippen LogP contribution is -2.21. The van der Waals surface area contributed by atoms with E-state index in [0.29, 0.717) is 11.4 Å². The van der Waals surface area contributed by atoms with Gasteiger partial charge in [0.25, 0.3) is 0 Å². The highest BCUT2D eigenvalue weighted by Crippen LogP contribution is 2.12. The zero-order valence-corrected chi connectivity index (χ0v) is 12.7. The summed E-state index contributed by atoms with van der Waals surface area (Å²) in [7, 11) is -3.17. The van der Waals surface area contributed by atoms with Gasteiger partial charge < -0.3 is 11.1 Å². The third-order valence-corrected chi connectivity index (χ3v) is 4.95. The summed E-state index contributed by atoms with van der Waals surface area (Å²) < 4.78 is 23.6. The van der Waals surface area contributed by atoms with Crippen LogP contribution in [0.25, 0.3) is 0 Å². The van der Waals surface area contributed by atoms with Crippen LogP contribution in [0.3, 0.4) is 0 Å². The van der Waals surface area contributed by atoms with Crippen LogP contribution in [0, 0.1) is 5.92 Å². The fraction of sp³-hybridized carbons (Fsp3) is 0.500. The molecule has 1 aromatic carbocycles. The van der Waals surface area contributed by atoms with Gasteiger partial charge in [0.05, 0.1) is 11.5 Å². The number of nitrogens with two attached hydrogens (primary N) is 1. The Balaban J connectivity index is 2.47. The van der Waals surface area contributed by atoms with Crippen LogP contribution >= 0.6 is 0 Å². The van der Waals surface area contributed by atoms with E-state index in [1.165, 1.54) is 0 Å². The van der Waals surface area contributed by atoms with E-state index in [-0.39, 0.29) is 29.8 Å². The van der Waals surface area contributed by atoms with Gasteiger partial charge in [0.2, 0.25) is 5.91 Å². The van der Waals surface area contributed by atoms with Crippen LogP contribution in [-0.4, -0.2) is 25.8 Å². The van der Waals surface area contributed by atoms with Gasteiger partial charge in [-0.15, -0.1) is 0 Å². The van der Waals surface area contributed by atoms with Crippen molar-refractivity contribution >= 4 is 27.1 Å². The Morgan fingerprint density at radius 3 is 2.70 bits per heavy atom. The van der Waals surface area contributed by atoms with Crippen LogP contribution in [0.2, 0.25) is 0 Å². The fourth-order valence-corrected chi connectivity index (χ4v) is 3.49.